The SMILES string of the molecule is O=C(CN1CCc2ccccc21)c1ccc(F)c(F)c1. The molecule has 3 rings (SSSR count). The van der Waals surface area contributed by atoms with E-state index in [0.717, 1.165) is 30.8 Å². The van der Waals surface area contributed by atoms with Crippen LogP contribution in [0.2, 0.25) is 0 Å². The molecule has 2 aromatic rings. The van der Waals surface area contributed by atoms with Gasteiger partial charge in [0, 0.05) is 17.8 Å². The van der Waals surface area contributed by atoms with Gasteiger partial charge < -0.3 is 4.90 Å². The van der Waals surface area contributed by atoms with Crippen molar-refractivity contribution < 1.29 is 13.6 Å². The second-order valence-electron chi connectivity index (χ2n) is 4.85. The van der Waals surface area contributed by atoms with E-state index in [1.807, 2.05) is 29.2 Å². The van der Waals surface area contributed by atoms with Crippen LogP contribution in [0.15, 0.2) is 42.5 Å². The molecule has 0 aromatic heterocycles. The molecule has 0 bridgehead atoms. The fraction of sp³-hybridized carbons (Fsp3) is 0.188. The van der Waals surface area contributed by atoms with Crippen molar-refractivity contribution in [1.29, 1.82) is 0 Å². The van der Waals surface area contributed by atoms with Gasteiger partial charge in [0.15, 0.2) is 17.4 Å². The highest BCUT2D eigenvalue weighted by molar-refractivity contribution is 5.99. The van der Waals surface area contributed by atoms with Crippen molar-refractivity contribution in [2.45, 2.75) is 6.42 Å². The molecule has 2 aromatic carbocycles. The first-order valence-electron chi connectivity index (χ1n) is 6.46. The van der Waals surface area contributed by atoms with Gasteiger partial charge in [-0.15, -0.1) is 0 Å². The maximum atomic E-state index is 13.2. The first-order chi connectivity index (χ1) is 9.65. The van der Waals surface area contributed by atoms with Crippen LogP contribution in [0.25, 0.3) is 0 Å². The number of fused-ring (bicyclic) bond motifs is 1. The van der Waals surface area contributed by atoms with Gasteiger partial charge in [0.25, 0.3) is 0 Å². The first kappa shape index (κ1) is 12.8. The number of nitrogens with zero attached hydrogens (tertiary/aromatic N) is 1. The lowest BCUT2D eigenvalue weighted by molar-refractivity contribution is 0.0999. The molecule has 0 atom stereocenters. The molecule has 4 heteroatoms. The Hall–Kier alpha value is -2.23. The minimum Gasteiger partial charge on any atom is -0.363 e. The van der Waals surface area contributed by atoms with E-state index in [0.29, 0.717) is 0 Å². The predicted molar refractivity (Wildman–Crippen MR) is 73.0 cm³/mol. The first-order valence-corrected chi connectivity index (χ1v) is 6.46. The van der Waals surface area contributed by atoms with Crippen molar-refractivity contribution in [3.8, 4) is 0 Å². The summed E-state index contributed by atoms with van der Waals surface area (Å²) in [7, 11) is 0. The minimum absolute atomic E-state index is 0.183. The number of rotatable bonds is 3. The van der Waals surface area contributed by atoms with Crippen molar-refractivity contribution in [2.24, 2.45) is 0 Å². The average Bonchev–Trinajstić information content (AvgIpc) is 2.85. The second-order valence-corrected chi connectivity index (χ2v) is 4.85. The van der Waals surface area contributed by atoms with Gasteiger partial charge in [0.05, 0.1) is 6.54 Å². The maximum absolute atomic E-state index is 13.2. The highest BCUT2D eigenvalue weighted by atomic mass is 19.2. The Morgan fingerprint density at radius 2 is 1.90 bits per heavy atom. The Morgan fingerprint density at radius 1 is 1.10 bits per heavy atom. The molecule has 20 heavy (non-hydrogen) atoms. The van der Waals surface area contributed by atoms with Crippen molar-refractivity contribution in [2.75, 3.05) is 18.0 Å². The molecule has 0 saturated heterocycles. The van der Waals surface area contributed by atoms with E-state index in [2.05, 4.69) is 0 Å². The van der Waals surface area contributed by atoms with Gasteiger partial charge in [-0.1, -0.05) is 18.2 Å². The number of ketones is 1. The summed E-state index contributed by atoms with van der Waals surface area (Å²) in [4.78, 5) is 14.1. The third kappa shape index (κ3) is 2.29. The summed E-state index contributed by atoms with van der Waals surface area (Å²) >= 11 is 0. The molecule has 0 saturated carbocycles. The summed E-state index contributed by atoms with van der Waals surface area (Å²) in [5, 5.41) is 0. The lowest BCUT2D eigenvalue weighted by Gasteiger charge is -2.18. The molecular weight excluding hydrogens is 260 g/mol. The van der Waals surface area contributed by atoms with E-state index in [-0.39, 0.29) is 17.9 Å². The molecular formula is C16H13F2NO. The lowest BCUT2D eigenvalue weighted by Crippen LogP contribution is -2.28. The molecule has 1 aliphatic rings. The van der Waals surface area contributed by atoms with E-state index < -0.39 is 11.6 Å². The highest BCUT2D eigenvalue weighted by Gasteiger charge is 2.21. The fourth-order valence-electron chi connectivity index (χ4n) is 2.51. The van der Waals surface area contributed by atoms with Gasteiger partial charge in [-0.2, -0.15) is 0 Å². The second kappa shape index (κ2) is 5.04. The molecule has 0 spiro atoms. The normalized spacial score (nSPS) is 13.4. The topological polar surface area (TPSA) is 20.3 Å². The lowest BCUT2D eigenvalue weighted by atomic mass is 10.1. The van der Waals surface area contributed by atoms with Crippen molar-refractivity contribution in [3.63, 3.8) is 0 Å². The third-order valence-corrected chi connectivity index (χ3v) is 3.56. The van der Waals surface area contributed by atoms with Gasteiger partial charge in [-0.25, -0.2) is 8.78 Å². The van der Waals surface area contributed by atoms with Crippen LogP contribution >= 0.6 is 0 Å². The molecule has 2 nitrogen and oxygen atoms in total. The van der Waals surface area contributed by atoms with E-state index in [9.17, 15) is 13.6 Å². The molecule has 0 amide bonds. The average molecular weight is 273 g/mol. The van der Waals surface area contributed by atoms with Gasteiger partial charge in [0.1, 0.15) is 0 Å². The van der Waals surface area contributed by atoms with E-state index in [4.69, 9.17) is 0 Å². The number of hydrogen-bond acceptors (Lipinski definition) is 2. The molecule has 1 aliphatic heterocycles. The van der Waals surface area contributed by atoms with Crippen LogP contribution in [0.5, 0.6) is 0 Å². The van der Waals surface area contributed by atoms with Crippen LogP contribution in [-0.4, -0.2) is 18.9 Å². The highest BCUT2D eigenvalue weighted by Crippen LogP contribution is 2.27. The van der Waals surface area contributed by atoms with E-state index in [1.54, 1.807) is 0 Å². The smallest absolute Gasteiger partial charge is 0.182 e. The van der Waals surface area contributed by atoms with Crippen LogP contribution in [0.4, 0.5) is 14.5 Å². The monoisotopic (exact) mass is 273 g/mol. The summed E-state index contributed by atoms with van der Waals surface area (Å²) in [6.45, 7) is 0.955. The number of carbonyl (C=O) groups is 1. The van der Waals surface area contributed by atoms with Crippen LogP contribution < -0.4 is 4.90 Å². The number of para-hydroxylation sites is 1. The summed E-state index contributed by atoms with van der Waals surface area (Å²) in [5.74, 6) is -2.13. The standard InChI is InChI=1S/C16H13F2NO/c17-13-6-5-12(9-14(13)18)16(20)10-19-8-7-11-3-1-2-4-15(11)19/h1-6,9H,7-8,10H2. The maximum Gasteiger partial charge on any atom is 0.182 e. The molecule has 1 heterocycles. The van der Waals surface area contributed by atoms with Gasteiger partial charge in [-0.3, -0.25) is 4.79 Å². The molecule has 0 radical (unpaired) electrons. The quantitative estimate of drug-likeness (QED) is 0.800. The Morgan fingerprint density at radius 3 is 2.70 bits per heavy atom. The van der Waals surface area contributed by atoms with Gasteiger partial charge in [0.2, 0.25) is 0 Å². The zero-order valence-electron chi connectivity index (χ0n) is 10.8. The van der Waals surface area contributed by atoms with Gasteiger partial charge >= 0.3 is 0 Å². The van der Waals surface area contributed by atoms with Crippen molar-refractivity contribution >= 4 is 11.5 Å². The largest absolute Gasteiger partial charge is 0.363 e. The summed E-state index contributed by atoms with van der Waals surface area (Å²) in [5.41, 5.74) is 2.46. The molecule has 102 valence electrons. The number of anilines is 1. The van der Waals surface area contributed by atoms with Gasteiger partial charge in [-0.05, 0) is 36.2 Å². The molecule has 0 fully saturated rings. The molecule has 0 unspecified atom stereocenters. The van der Waals surface area contributed by atoms with Crippen LogP contribution in [0, 0.1) is 11.6 Å². The van der Waals surface area contributed by atoms with Crippen LogP contribution in [-0.2, 0) is 6.42 Å². The zero-order chi connectivity index (χ0) is 14.1. The number of Topliss-reactive ketones (excluding diaryl/α,β-unsaturated/α-hetero) is 1. The number of halogens is 2. The summed E-state index contributed by atoms with van der Waals surface area (Å²) in [6.07, 6.45) is 0.904. The van der Waals surface area contributed by atoms with Crippen molar-refractivity contribution in [3.05, 3.63) is 65.2 Å². The van der Waals surface area contributed by atoms with Crippen LogP contribution in [0.1, 0.15) is 15.9 Å². The predicted octanol–water partition coefficient (Wildman–Crippen LogP) is 3.21. The Labute approximate surface area is 115 Å². The zero-order valence-corrected chi connectivity index (χ0v) is 10.8. The number of hydrogen-bond donors (Lipinski definition) is 0. The fourth-order valence-corrected chi connectivity index (χ4v) is 2.51. The molecule has 0 N–H and O–H groups in total. The Balaban J connectivity index is 1.79. The number of benzene rings is 2. The minimum atomic E-state index is -0.988. The Kier molecular flexibility index (Phi) is 3.22. The summed E-state index contributed by atoms with van der Waals surface area (Å²) in [6, 6.07) is 11.2. The third-order valence-electron chi connectivity index (χ3n) is 3.56. The summed E-state index contributed by atoms with van der Waals surface area (Å²) < 4.78 is 26.0. The van der Waals surface area contributed by atoms with E-state index >= 15 is 0 Å². The van der Waals surface area contributed by atoms with Crippen molar-refractivity contribution in [1.82, 2.24) is 0 Å². The molecule has 0 aliphatic carbocycles. The van der Waals surface area contributed by atoms with Crippen LogP contribution in [0.3, 0.4) is 0 Å². The Bertz CT molecular complexity index is 669. The van der Waals surface area contributed by atoms with E-state index in [1.165, 1.54) is 11.6 Å². The number of carbonyl (C=O) groups excluding carboxylic acids is 1.